The van der Waals surface area contributed by atoms with E-state index in [4.69, 9.17) is 0 Å². The standard InChI is InChI=1S/C21H36F2O/c1-2-3-14-4-6-15(7-5-14)16-8-10-17(11-9-16)18-12-13-19(24)21(23)20(18)22/h14-21,24H,2-13H2,1H3. The summed E-state index contributed by atoms with van der Waals surface area (Å²) in [6, 6.07) is 0. The number of aliphatic hydroxyl groups is 1. The van der Waals surface area contributed by atoms with Crippen LogP contribution in [0.2, 0.25) is 0 Å². The van der Waals surface area contributed by atoms with Gasteiger partial charge in [-0.25, -0.2) is 8.78 Å². The summed E-state index contributed by atoms with van der Waals surface area (Å²) < 4.78 is 28.1. The van der Waals surface area contributed by atoms with Crippen LogP contribution in [0.1, 0.15) is 84.0 Å². The molecule has 3 aliphatic rings. The second kappa shape index (κ2) is 8.47. The minimum atomic E-state index is -1.66. The van der Waals surface area contributed by atoms with E-state index in [2.05, 4.69) is 6.92 Å². The molecule has 4 unspecified atom stereocenters. The second-order valence-corrected chi connectivity index (χ2v) is 8.94. The highest BCUT2D eigenvalue weighted by molar-refractivity contribution is 4.93. The van der Waals surface area contributed by atoms with Gasteiger partial charge in [0.05, 0.1) is 6.10 Å². The molecule has 0 aromatic rings. The number of hydrogen-bond donors (Lipinski definition) is 1. The SMILES string of the molecule is CCCC1CCC(C2CCC(C3CCC(O)C(F)C3F)CC2)CC1. The van der Waals surface area contributed by atoms with Crippen molar-refractivity contribution in [3.63, 3.8) is 0 Å². The molecule has 0 aromatic heterocycles. The molecule has 4 atom stereocenters. The van der Waals surface area contributed by atoms with Crippen LogP contribution in [0.25, 0.3) is 0 Å². The van der Waals surface area contributed by atoms with Crippen molar-refractivity contribution >= 4 is 0 Å². The fourth-order valence-corrected chi connectivity index (χ4v) is 6.03. The van der Waals surface area contributed by atoms with E-state index in [0.717, 1.165) is 30.6 Å². The Balaban J connectivity index is 1.45. The summed E-state index contributed by atoms with van der Waals surface area (Å²) in [6.45, 7) is 2.29. The first kappa shape index (κ1) is 18.6. The van der Waals surface area contributed by atoms with Crippen molar-refractivity contribution in [2.45, 2.75) is 102 Å². The van der Waals surface area contributed by atoms with Crippen LogP contribution < -0.4 is 0 Å². The molecule has 0 radical (unpaired) electrons. The molecule has 3 fully saturated rings. The van der Waals surface area contributed by atoms with E-state index in [9.17, 15) is 13.9 Å². The molecule has 0 aliphatic heterocycles. The molecule has 0 spiro atoms. The normalized spacial score (nSPS) is 47.5. The van der Waals surface area contributed by atoms with Gasteiger partial charge in [0.2, 0.25) is 0 Å². The van der Waals surface area contributed by atoms with E-state index in [0.29, 0.717) is 18.8 Å². The summed E-state index contributed by atoms with van der Waals surface area (Å²) in [5.41, 5.74) is 0. The lowest BCUT2D eigenvalue weighted by Crippen LogP contribution is -2.44. The first-order valence-electron chi connectivity index (χ1n) is 10.6. The summed E-state index contributed by atoms with van der Waals surface area (Å²) in [7, 11) is 0. The Kier molecular flexibility index (Phi) is 6.56. The fourth-order valence-electron chi connectivity index (χ4n) is 6.03. The third-order valence-electron chi connectivity index (χ3n) is 7.55. The van der Waals surface area contributed by atoms with Crippen molar-refractivity contribution < 1.29 is 13.9 Å². The molecule has 3 aliphatic carbocycles. The number of hydrogen-bond acceptors (Lipinski definition) is 1. The van der Waals surface area contributed by atoms with Crippen LogP contribution in [-0.4, -0.2) is 23.6 Å². The van der Waals surface area contributed by atoms with Gasteiger partial charge in [-0.15, -0.1) is 0 Å². The van der Waals surface area contributed by atoms with Crippen LogP contribution in [0.5, 0.6) is 0 Å². The molecule has 140 valence electrons. The van der Waals surface area contributed by atoms with Gasteiger partial charge >= 0.3 is 0 Å². The Morgan fingerprint density at radius 3 is 1.83 bits per heavy atom. The highest BCUT2D eigenvalue weighted by Gasteiger charge is 2.44. The molecule has 0 bridgehead atoms. The Hall–Kier alpha value is -0.180. The van der Waals surface area contributed by atoms with Gasteiger partial charge in [0.1, 0.15) is 6.17 Å². The minimum absolute atomic E-state index is 0.148. The van der Waals surface area contributed by atoms with Crippen LogP contribution in [0.4, 0.5) is 8.78 Å². The third-order valence-corrected chi connectivity index (χ3v) is 7.55. The van der Waals surface area contributed by atoms with E-state index >= 15 is 0 Å². The van der Waals surface area contributed by atoms with Crippen LogP contribution in [-0.2, 0) is 0 Å². The average molecular weight is 343 g/mol. The summed E-state index contributed by atoms with van der Waals surface area (Å²) in [4.78, 5) is 0. The smallest absolute Gasteiger partial charge is 0.157 e. The van der Waals surface area contributed by atoms with Gasteiger partial charge in [0.15, 0.2) is 6.17 Å². The van der Waals surface area contributed by atoms with Crippen LogP contribution >= 0.6 is 0 Å². The summed E-state index contributed by atoms with van der Waals surface area (Å²) in [5, 5.41) is 9.52. The van der Waals surface area contributed by atoms with Crippen molar-refractivity contribution in [2.24, 2.45) is 29.6 Å². The fraction of sp³-hybridized carbons (Fsp3) is 1.00. The molecule has 3 rings (SSSR count). The van der Waals surface area contributed by atoms with Gasteiger partial charge in [-0.1, -0.05) is 32.6 Å². The Bertz CT molecular complexity index is 372. The zero-order valence-electron chi connectivity index (χ0n) is 15.3. The van der Waals surface area contributed by atoms with E-state index in [1.807, 2.05) is 0 Å². The van der Waals surface area contributed by atoms with Crippen molar-refractivity contribution in [1.29, 1.82) is 0 Å². The molecule has 1 nitrogen and oxygen atoms in total. The molecule has 3 saturated carbocycles. The van der Waals surface area contributed by atoms with E-state index < -0.39 is 18.4 Å². The molecule has 0 aromatic carbocycles. The topological polar surface area (TPSA) is 20.2 Å². The Morgan fingerprint density at radius 2 is 1.25 bits per heavy atom. The number of halogens is 2. The van der Waals surface area contributed by atoms with Gasteiger partial charge in [0.25, 0.3) is 0 Å². The lowest BCUT2D eigenvalue weighted by Gasteiger charge is -2.42. The van der Waals surface area contributed by atoms with E-state index in [1.165, 1.54) is 51.4 Å². The summed E-state index contributed by atoms with van der Waals surface area (Å²) in [5.74, 6) is 2.88. The maximum Gasteiger partial charge on any atom is 0.157 e. The van der Waals surface area contributed by atoms with Crippen molar-refractivity contribution in [3.8, 4) is 0 Å². The minimum Gasteiger partial charge on any atom is -0.390 e. The van der Waals surface area contributed by atoms with Gasteiger partial charge in [-0.3, -0.25) is 0 Å². The monoisotopic (exact) mass is 342 g/mol. The van der Waals surface area contributed by atoms with E-state index in [-0.39, 0.29) is 5.92 Å². The van der Waals surface area contributed by atoms with Crippen LogP contribution in [0.15, 0.2) is 0 Å². The molecule has 3 heteroatoms. The van der Waals surface area contributed by atoms with E-state index in [1.54, 1.807) is 0 Å². The molecule has 0 heterocycles. The molecule has 0 amide bonds. The van der Waals surface area contributed by atoms with Gasteiger partial charge in [-0.05, 0) is 81.0 Å². The molecule has 1 N–H and O–H groups in total. The van der Waals surface area contributed by atoms with Crippen LogP contribution in [0, 0.1) is 29.6 Å². The highest BCUT2D eigenvalue weighted by Crippen LogP contribution is 2.46. The predicted molar refractivity (Wildman–Crippen MR) is 94.3 cm³/mol. The number of rotatable bonds is 4. The maximum absolute atomic E-state index is 14.3. The Labute approximate surface area is 146 Å². The zero-order valence-corrected chi connectivity index (χ0v) is 15.3. The highest BCUT2D eigenvalue weighted by atomic mass is 19.2. The summed E-state index contributed by atoms with van der Waals surface area (Å²) >= 11 is 0. The van der Waals surface area contributed by atoms with Crippen LogP contribution in [0.3, 0.4) is 0 Å². The predicted octanol–water partition coefficient (Wildman–Crippen LogP) is 5.85. The molecular formula is C21H36F2O. The number of aliphatic hydroxyl groups excluding tert-OH is 1. The molecule has 24 heavy (non-hydrogen) atoms. The Morgan fingerprint density at radius 1 is 0.708 bits per heavy atom. The quantitative estimate of drug-likeness (QED) is 0.680. The summed E-state index contributed by atoms with van der Waals surface area (Å²) in [6.07, 6.45) is 9.85. The van der Waals surface area contributed by atoms with Gasteiger partial charge in [0, 0.05) is 0 Å². The molecular weight excluding hydrogens is 306 g/mol. The first-order valence-corrected chi connectivity index (χ1v) is 10.6. The largest absolute Gasteiger partial charge is 0.390 e. The third kappa shape index (κ3) is 4.14. The van der Waals surface area contributed by atoms with Crippen molar-refractivity contribution in [2.75, 3.05) is 0 Å². The zero-order chi connectivity index (χ0) is 17.1. The average Bonchev–Trinajstić information content (AvgIpc) is 2.61. The van der Waals surface area contributed by atoms with Gasteiger partial charge in [-0.2, -0.15) is 0 Å². The lowest BCUT2D eigenvalue weighted by atomic mass is 9.65. The number of alkyl halides is 2. The van der Waals surface area contributed by atoms with Gasteiger partial charge < -0.3 is 5.11 Å². The molecule has 0 saturated heterocycles. The van der Waals surface area contributed by atoms with Crippen molar-refractivity contribution in [3.05, 3.63) is 0 Å². The van der Waals surface area contributed by atoms with Crippen molar-refractivity contribution in [1.82, 2.24) is 0 Å². The lowest BCUT2D eigenvalue weighted by molar-refractivity contribution is -0.0561. The maximum atomic E-state index is 14.3. The second-order valence-electron chi connectivity index (χ2n) is 8.94. The first-order chi connectivity index (χ1) is 11.6.